The number of nitrogens with one attached hydrogen (secondary N) is 1. The predicted octanol–water partition coefficient (Wildman–Crippen LogP) is 2.39. The molecule has 1 atom stereocenters. The maximum absolute atomic E-state index is 13.3. The highest BCUT2D eigenvalue weighted by Gasteiger charge is 2.21. The van der Waals surface area contributed by atoms with Gasteiger partial charge in [0.15, 0.2) is 23.3 Å². The quantitative estimate of drug-likeness (QED) is 0.665. The second-order valence-corrected chi connectivity index (χ2v) is 3.70. The molecule has 1 aromatic heterocycles. The van der Waals surface area contributed by atoms with Crippen LogP contribution in [0.5, 0.6) is 0 Å². The smallest absolute Gasteiger partial charge is 0.320 e. The van der Waals surface area contributed by atoms with E-state index >= 15 is 0 Å². The molecule has 0 radical (unpaired) electrons. The fourth-order valence-electron chi connectivity index (χ4n) is 1.26. The van der Waals surface area contributed by atoms with Crippen molar-refractivity contribution in [2.45, 2.75) is 13.0 Å². The molecule has 0 amide bonds. The zero-order valence-electron chi connectivity index (χ0n) is 9.55. The first-order chi connectivity index (χ1) is 8.90. The van der Waals surface area contributed by atoms with Crippen LogP contribution < -0.4 is 11.1 Å². The second-order valence-electron chi connectivity index (χ2n) is 3.70. The number of halogens is 4. The summed E-state index contributed by atoms with van der Waals surface area (Å²) < 4.78 is 57.5. The van der Waals surface area contributed by atoms with Crippen LogP contribution in [0.4, 0.5) is 29.3 Å². The molecule has 0 saturated heterocycles. The van der Waals surface area contributed by atoms with Gasteiger partial charge in [0.1, 0.15) is 5.69 Å². The molecule has 1 unspecified atom stereocenters. The van der Waals surface area contributed by atoms with Gasteiger partial charge in [-0.05, 0) is 6.92 Å². The number of hydrogen-bond donors (Lipinski definition) is 2. The van der Waals surface area contributed by atoms with Crippen LogP contribution in [0.2, 0.25) is 0 Å². The van der Waals surface area contributed by atoms with Gasteiger partial charge in [-0.2, -0.15) is 0 Å². The molecule has 0 aliphatic heterocycles. The van der Waals surface area contributed by atoms with Gasteiger partial charge in [0.25, 0.3) is 0 Å². The van der Waals surface area contributed by atoms with Gasteiger partial charge in [0.2, 0.25) is 5.89 Å². The van der Waals surface area contributed by atoms with Crippen molar-refractivity contribution in [3.05, 3.63) is 35.2 Å². The monoisotopic (exact) mass is 276 g/mol. The summed E-state index contributed by atoms with van der Waals surface area (Å²) in [5.74, 6) is -6.29. The summed E-state index contributed by atoms with van der Waals surface area (Å²) in [6.45, 7) is 1.54. The van der Waals surface area contributed by atoms with Gasteiger partial charge in [0, 0.05) is 6.07 Å². The normalized spacial score (nSPS) is 12.5. The van der Waals surface area contributed by atoms with Crippen LogP contribution in [0.15, 0.2) is 10.5 Å². The molecule has 102 valence electrons. The summed E-state index contributed by atoms with van der Waals surface area (Å²) in [5, 5.41) is 8.84. The Morgan fingerprint density at radius 2 is 1.74 bits per heavy atom. The van der Waals surface area contributed by atoms with Gasteiger partial charge >= 0.3 is 6.01 Å². The first-order valence-electron chi connectivity index (χ1n) is 5.09. The van der Waals surface area contributed by atoms with E-state index in [0.29, 0.717) is 0 Å². The molecule has 2 rings (SSSR count). The average molecular weight is 276 g/mol. The van der Waals surface area contributed by atoms with Crippen LogP contribution in [-0.4, -0.2) is 10.2 Å². The summed E-state index contributed by atoms with van der Waals surface area (Å²) in [5.41, 5.74) is 4.38. The van der Waals surface area contributed by atoms with Gasteiger partial charge in [-0.25, -0.2) is 17.6 Å². The number of anilines is 2. The van der Waals surface area contributed by atoms with Crippen molar-refractivity contribution < 1.29 is 22.0 Å². The maximum Gasteiger partial charge on any atom is 0.320 e. The van der Waals surface area contributed by atoms with E-state index in [2.05, 4.69) is 10.2 Å². The van der Waals surface area contributed by atoms with Crippen molar-refractivity contribution in [2.24, 2.45) is 5.73 Å². The van der Waals surface area contributed by atoms with Crippen LogP contribution in [0.25, 0.3) is 0 Å². The first-order valence-corrected chi connectivity index (χ1v) is 5.09. The highest BCUT2D eigenvalue weighted by Crippen LogP contribution is 2.27. The van der Waals surface area contributed by atoms with Crippen molar-refractivity contribution in [1.82, 2.24) is 10.2 Å². The molecule has 0 saturated carbocycles. The minimum Gasteiger partial charge on any atom is -0.406 e. The van der Waals surface area contributed by atoms with E-state index in [4.69, 9.17) is 10.2 Å². The third-order valence-electron chi connectivity index (χ3n) is 2.17. The highest BCUT2D eigenvalue weighted by molar-refractivity contribution is 5.54. The number of nitrogens with zero attached hydrogens (tertiary/aromatic N) is 2. The molecule has 0 aliphatic carbocycles. The lowest BCUT2D eigenvalue weighted by atomic mass is 10.2. The second kappa shape index (κ2) is 4.84. The van der Waals surface area contributed by atoms with Gasteiger partial charge in [-0.15, -0.1) is 5.10 Å². The third-order valence-corrected chi connectivity index (χ3v) is 2.17. The Kier molecular flexibility index (Phi) is 3.38. The van der Waals surface area contributed by atoms with Crippen LogP contribution in [0.3, 0.4) is 0 Å². The first kappa shape index (κ1) is 13.3. The van der Waals surface area contributed by atoms with E-state index in [1.807, 2.05) is 5.32 Å². The molecular weight excluding hydrogens is 268 g/mol. The number of hydrogen-bond acceptors (Lipinski definition) is 5. The summed E-state index contributed by atoms with van der Waals surface area (Å²) in [7, 11) is 0. The molecule has 0 bridgehead atoms. The van der Waals surface area contributed by atoms with E-state index in [1.165, 1.54) is 0 Å². The summed E-state index contributed by atoms with van der Waals surface area (Å²) >= 11 is 0. The van der Waals surface area contributed by atoms with E-state index in [-0.39, 0.29) is 12.0 Å². The van der Waals surface area contributed by atoms with Crippen LogP contribution in [-0.2, 0) is 0 Å². The number of aromatic nitrogens is 2. The number of nitrogens with two attached hydrogens (primary N) is 1. The van der Waals surface area contributed by atoms with E-state index in [1.54, 1.807) is 6.92 Å². The van der Waals surface area contributed by atoms with Crippen LogP contribution >= 0.6 is 0 Å². The molecule has 5 nitrogen and oxygen atoms in total. The zero-order valence-corrected chi connectivity index (χ0v) is 9.55. The highest BCUT2D eigenvalue weighted by atomic mass is 19.2. The standard InChI is InChI=1S/C10H8F4N4O/c1-3(15)9-17-18-10(19-9)16-8-6(13)4(11)2-5(12)7(8)14/h2-3H,15H2,1H3,(H,16,18). The molecular formula is C10H8F4N4O. The fourth-order valence-corrected chi connectivity index (χ4v) is 1.26. The maximum atomic E-state index is 13.3. The molecule has 1 heterocycles. The van der Waals surface area contributed by atoms with Gasteiger partial charge in [0.05, 0.1) is 6.04 Å². The molecule has 1 aromatic carbocycles. The Hall–Kier alpha value is -2.16. The molecule has 3 N–H and O–H groups in total. The molecule has 0 fully saturated rings. The van der Waals surface area contributed by atoms with E-state index in [9.17, 15) is 17.6 Å². The van der Waals surface area contributed by atoms with Crippen LogP contribution in [0.1, 0.15) is 18.9 Å². The SMILES string of the molecule is CC(N)c1nnc(Nc2c(F)c(F)cc(F)c2F)o1. The molecule has 0 aliphatic rings. The van der Waals surface area contributed by atoms with E-state index < -0.39 is 41.0 Å². The number of benzene rings is 1. The summed E-state index contributed by atoms with van der Waals surface area (Å²) in [4.78, 5) is 0. The molecule has 2 aromatic rings. The lowest BCUT2D eigenvalue weighted by Crippen LogP contribution is -2.05. The van der Waals surface area contributed by atoms with Crippen molar-refractivity contribution >= 4 is 11.7 Å². The topological polar surface area (TPSA) is 77.0 Å². The van der Waals surface area contributed by atoms with E-state index in [0.717, 1.165) is 0 Å². The molecule has 19 heavy (non-hydrogen) atoms. The average Bonchev–Trinajstić information content (AvgIpc) is 2.81. The minimum absolute atomic E-state index is 0.000177. The molecule has 9 heteroatoms. The van der Waals surface area contributed by atoms with Crippen molar-refractivity contribution in [3.63, 3.8) is 0 Å². The Labute approximate surface area is 104 Å². The lowest BCUT2D eigenvalue weighted by Gasteiger charge is -2.06. The molecule has 0 spiro atoms. The predicted molar refractivity (Wildman–Crippen MR) is 56.5 cm³/mol. The Bertz CT molecular complexity index is 588. The lowest BCUT2D eigenvalue weighted by molar-refractivity contribution is 0.454. The van der Waals surface area contributed by atoms with Crippen molar-refractivity contribution in [2.75, 3.05) is 5.32 Å². The Morgan fingerprint density at radius 3 is 2.21 bits per heavy atom. The summed E-state index contributed by atoms with van der Waals surface area (Å²) in [6, 6.07) is -0.936. The van der Waals surface area contributed by atoms with Gasteiger partial charge in [-0.3, -0.25) is 0 Å². The Morgan fingerprint density at radius 1 is 1.16 bits per heavy atom. The van der Waals surface area contributed by atoms with Gasteiger partial charge < -0.3 is 15.5 Å². The summed E-state index contributed by atoms with van der Waals surface area (Å²) in [6.07, 6.45) is 0. The zero-order chi connectivity index (χ0) is 14.2. The fraction of sp³-hybridized carbons (Fsp3) is 0.200. The Balaban J connectivity index is 2.37. The largest absolute Gasteiger partial charge is 0.406 e. The third kappa shape index (κ3) is 2.50. The minimum atomic E-state index is -1.60. The van der Waals surface area contributed by atoms with Crippen molar-refractivity contribution in [3.8, 4) is 0 Å². The van der Waals surface area contributed by atoms with Gasteiger partial charge in [-0.1, -0.05) is 5.10 Å². The number of rotatable bonds is 3. The van der Waals surface area contributed by atoms with Crippen LogP contribution in [0, 0.1) is 23.3 Å². The van der Waals surface area contributed by atoms with Crippen molar-refractivity contribution in [1.29, 1.82) is 0 Å².